The van der Waals surface area contributed by atoms with Crippen LogP contribution in [0.5, 0.6) is 0 Å². The van der Waals surface area contributed by atoms with E-state index in [1.807, 2.05) is 50.3 Å². The molecular formula is C64H96O25. The quantitative estimate of drug-likeness (QED) is 0.0558. The Hall–Kier alpha value is -3.04. The fraction of sp³-hybridized carbons (Fsp3) is 0.812. The standard InChI is InChI=1S/C64H96O25/c1-31-53(86-47-27-40(76-9)54(32(2)80-47)87-48-28-41(77-10)55(33(3)81-48)88-59-52(71)57(78-11)56(34(4)82-59)89-58-51(70)50(69)49(68)42(30-65)84-58)39(75-8)26-46(79-31)83-38-20-21-60(6)37(25-38)19-22-63(73)43(60)29-44(85-45(67)18-17-36-15-13-12-14-16-36)61(7)62(72,35(5)66)23-24-64(61,63)74/h12-19,31-34,38-44,46-59,65,68-74H,20-30H2,1-11H3/b18-17+/t31-,32-,33-,34-,38+,39+,40+,41-,42-,43?,44-,46+,47+,48+,49-,50+,51-,52-,53-,54-,55-,56-,57-,58+,59+,60+,61-,62-,63+,64-/m1/s1. The lowest BCUT2D eigenvalue weighted by Crippen LogP contribution is -2.78. The van der Waals surface area contributed by atoms with Gasteiger partial charge in [-0.1, -0.05) is 48.9 Å². The second kappa shape index (κ2) is 27.4. The van der Waals surface area contributed by atoms with Crippen molar-refractivity contribution in [3.05, 3.63) is 53.6 Å². The molecule has 0 amide bonds. The molecule has 25 nitrogen and oxygen atoms in total. The van der Waals surface area contributed by atoms with Gasteiger partial charge in [-0.15, -0.1) is 0 Å². The molecule has 8 N–H and O–H groups in total. The molecule has 0 aromatic heterocycles. The lowest BCUT2D eigenvalue weighted by atomic mass is 9.42. The number of aliphatic hydroxyl groups is 8. The Morgan fingerprint density at radius 1 is 0.618 bits per heavy atom. The lowest BCUT2D eigenvalue weighted by Gasteiger charge is -2.67. The summed E-state index contributed by atoms with van der Waals surface area (Å²) < 4.78 is 93.6. The van der Waals surface area contributed by atoms with Crippen molar-refractivity contribution in [2.24, 2.45) is 16.7 Å². The van der Waals surface area contributed by atoms with Crippen LogP contribution in [0, 0.1) is 16.7 Å². The molecule has 1 unspecified atom stereocenters. The zero-order valence-electron chi connectivity index (χ0n) is 52.8. The number of methoxy groups -OCH3 is 4. The summed E-state index contributed by atoms with van der Waals surface area (Å²) in [6.45, 7) is 11.5. The van der Waals surface area contributed by atoms with Gasteiger partial charge in [0, 0.05) is 59.7 Å². The highest BCUT2D eigenvalue weighted by Crippen LogP contribution is 2.71. The molecule has 4 aliphatic carbocycles. The second-order valence-corrected chi connectivity index (χ2v) is 26.6. The van der Waals surface area contributed by atoms with Crippen LogP contribution in [0.1, 0.15) is 118 Å². The third-order valence-corrected chi connectivity index (χ3v) is 21.8. The molecule has 0 bridgehead atoms. The van der Waals surface area contributed by atoms with Crippen LogP contribution in [0.4, 0.5) is 0 Å². The van der Waals surface area contributed by atoms with Crippen molar-refractivity contribution in [1.29, 1.82) is 0 Å². The molecule has 8 fully saturated rings. The van der Waals surface area contributed by atoms with E-state index in [-0.39, 0.29) is 38.2 Å². The molecule has 5 aliphatic heterocycles. The Balaban J connectivity index is 0.728. The molecule has 1 aromatic carbocycles. The molecule has 0 spiro atoms. The van der Waals surface area contributed by atoms with Crippen LogP contribution in [0.15, 0.2) is 48.1 Å². The van der Waals surface area contributed by atoms with Gasteiger partial charge in [0.1, 0.15) is 83.9 Å². The average Bonchev–Trinajstić information content (AvgIpc) is 1.61. The monoisotopic (exact) mass is 1260 g/mol. The van der Waals surface area contributed by atoms with Crippen LogP contribution in [0.3, 0.4) is 0 Å². The molecule has 30 atom stereocenters. The predicted molar refractivity (Wildman–Crippen MR) is 310 cm³/mol. The largest absolute Gasteiger partial charge is 0.458 e. The molecule has 25 heteroatoms. The third-order valence-electron chi connectivity index (χ3n) is 21.8. The SMILES string of the molecule is CO[C@@H]1[C@@H](O)[C@H](O[C@@H]2[C@@H](C)O[C@@H](O[C@H]3[C@@H](OC)C[C@H](O[C@H]4[C@@H](OC)C[C@H](O[C@H]5CC[C@@]6(C)C(=CC[C@]7(O)C6C[C@@H](OC(=O)/C=C/c6ccccc6)[C@@]6(C)[C@]7(O)CC[C@@]6(O)C(C)=O)C5)O[C@@H]4C)O[C@@H]3C)C[C@H]2OC)O[C@H](C)[C@H]1O[C@@H]1O[C@H](CO)[C@@H](O)[C@H](O)[C@H]1O. The van der Waals surface area contributed by atoms with Gasteiger partial charge in [-0.05, 0) is 104 Å². The van der Waals surface area contributed by atoms with Gasteiger partial charge in [0.05, 0.1) is 60.9 Å². The number of Topliss-reactive ketones (excluding diaryl/α,β-unsaturated/α-hetero) is 1. The number of hydrogen-bond acceptors (Lipinski definition) is 25. The minimum absolute atomic E-state index is 0.0602. The zero-order valence-corrected chi connectivity index (χ0v) is 52.8. The van der Waals surface area contributed by atoms with Crippen molar-refractivity contribution in [3.63, 3.8) is 0 Å². The number of hydrogen-bond donors (Lipinski definition) is 8. The molecule has 5 heterocycles. The van der Waals surface area contributed by atoms with E-state index in [1.54, 1.807) is 41.1 Å². The molecule has 0 radical (unpaired) electrons. The number of ketones is 1. The van der Waals surface area contributed by atoms with Crippen LogP contribution in [-0.2, 0) is 80.6 Å². The zero-order chi connectivity index (χ0) is 64.3. The number of aliphatic hydroxyl groups excluding tert-OH is 5. The Labute approximate surface area is 520 Å². The molecule has 89 heavy (non-hydrogen) atoms. The normalized spacial score (nSPS) is 49.3. The van der Waals surface area contributed by atoms with Gasteiger partial charge in [-0.3, -0.25) is 4.79 Å². The summed E-state index contributed by atoms with van der Waals surface area (Å²) in [6, 6.07) is 9.25. The molecule has 502 valence electrons. The highest BCUT2D eigenvalue weighted by atomic mass is 16.8. The van der Waals surface area contributed by atoms with Crippen LogP contribution in [0.25, 0.3) is 6.08 Å². The minimum atomic E-state index is -2.07. The minimum Gasteiger partial charge on any atom is -0.458 e. The number of fused-ring (bicyclic) bond motifs is 5. The maximum Gasteiger partial charge on any atom is 0.331 e. The maximum absolute atomic E-state index is 13.7. The van der Waals surface area contributed by atoms with Crippen molar-refractivity contribution in [2.45, 2.75) is 277 Å². The fourth-order valence-corrected chi connectivity index (χ4v) is 16.5. The van der Waals surface area contributed by atoms with Gasteiger partial charge in [-0.25, -0.2) is 4.79 Å². The van der Waals surface area contributed by atoms with Crippen molar-refractivity contribution in [2.75, 3.05) is 35.0 Å². The Morgan fingerprint density at radius 2 is 1.16 bits per heavy atom. The van der Waals surface area contributed by atoms with Crippen LogP contribution >= 0.6 is 0 Å². The Kier molecular flexibility index (Phi) is 21.2. The number of esters is 1. The number of carbonyl (C=O) groups is 2. The molecule has 5 saturated heterocycles. The second-order valence-electron chi connectivity index (χ2n) is 26.6. The number of ether oxygens (including phenoxy) is 15. The van der Waals surface area contributed by atoms with Crippen molar-refractivity contribution >= 4 is 17.8 Å². The van der Waals surface area contributed by atoms with E-state index in [0.717, 1.165) is 11.1 Å². The van der Waals surface area contributed by atoms with Crippen molar-refractivity contribution < 1.29 is 121 Å². The summed E-state index contributed by atoms with van der Waals surface area (Å²) in [5.41, 5.74) is -6.41. The summed E-state index contributed by atoms with van der Waals surface area (Å²) in [7, 11) is 6.10. The first kappa shape index (κ1) is 68.8. The van der Waals surface area contributed by atoms with Gasteiger partial charge in [0.15, 0.2) is 37.2 Å². The lowest BCUT2D eigenvalue weighted by molar-refractivity contribution is -0.374. The number of carbonyl (C=O) groups excluding carboxylic acids is 2. The molecular weight excluding hydrogens is 1170 g/mol. The van der Waals surface area contributed by atoms with Crippen LogP contribution in [-0.4, -0.2) is 252 Å². The number of rotatable bonds is 19. The smallest absolute Gasteiger partial charge is 0.331 e. The van der Waals surface area contributed by atoms with Crippen LogP contribution < -0.4 is 0 Å². The first-order chi connectivity index (χ1) is 42.2. The first-order valence-corrected chi connectivity index (χ1v) is 31.5. The van der Waals surface area contributed by atoms with E-state index in [0.29, 0.717) is 32.1 Å². The third kappa shape index (κ3) is 12.5. The summed E-state index contributed by atoms with van der Waals surface area (Å²) >= 11 is 0. The maximum atomic E-state index is 13.7. The van der Waals surface area contributed by atoms with Gasteiger partial charge in [-0.2, -0.15) is 0 Å². The van der Waals surface area contributed by atoms with Gasteiger partial charge < -0.3 is 112 Å². The summed E-state index contributed by atoms with van der Waals surface area (Å²) in [6.07, 6.45) is -14.7. The van der Waals surface area contributed by atoms with Gasteiger partial charge in [0.25, 0.3) is 0 Å². The topological polar surface area (TPSA) is 334 Å². The summed E-state index contributed by atoms with van der Waals surface area (Å²) in [5, 5.41) is 90.7. The molecule has 3 saturated carbocycles. The highest BCUT2D eigenvalue weighted by Gasteiger charge is 2.81. The van der Waals surface area contributed by atoms with Crippen molar-refractivity contribution in [3.8, 4) is 0 Å². The highest BCUT2D eigenvalue weighted by molar-refractivity contribution is 5.89. The van der Waals surface area contributed by atoms with E-state index < -0.39 is 193 Å². The van der Waals surface area contributed by atoms with Gasteiger partial charge in [0.2, 0.25) is 0 Å². The predicted octanol–water partition coefficient (Wildman–Crippen LogP) is 2.03. The fourth-order valence-electron chi connectivity index (χ4n) is 16.5. The van der Waals surface area contributed by atoms with E-state index in [9.17, 15) is 50.4 Å². The molecule has 10 rings (SSSR count). The Morgan fingerprint density at radius 3 is 1.71 bits per heavy atom. The van der Waals surface area contributed by atoms with E-state index >= 15 is 0 Å². The summed E-state index contributed by atoms with van der Waals surface area (Å²) in [5.74, 6) is -1.86. The average molecular weight is 1270 g/mol. The van der Waals surface area contributed by atoms with E-state index in [2.05, 4.69) is 6.92 Å². The Bertz CT molecular complexity index is 2630. The first-order valence-electron chi connectivity index (χ1n) is 31.5. The molecule has 1 aromatic rings. The van der Waals surface area contributed by atoms with Crippen LogP contribution in [0.2, 0.25) is 0 Å². The van der Waals surface area contributed by atoms with Crippen molar-refractivity contribution in [1.82, 2.24) is 0 Å². The summed E-state index contributed by atoms with van der Waals surface area (Å²) in [4.78, 5) is 27.0. The van der Waals surface area contributed by atoms with Gasteiger partial charge >= 0.3 is 5.97 Å². The molecule has 9 aliphatic rings. The van der Waals surface area contributed by atoms with E-state index in [4.69, 9.17) is 71.1 Å². The number of benzene rings is 1. The van der Waals surface area contributed by atoms with E-state index in [1.165, 1.54) is 27.2 Å².